The standard InChI is InChI=1S/C27H35N3O2/c1-20(2)27(31)28-17-9-5-6-16-25-29-23-14-7-8-15-24(23)30(25)18-11-19-32-26-21(3)12-10-13-22(26)4/h7-8,10,12-15H,1,5-6,9,11,16-19H2,2-4H3,(H,28,31). The van der Waals surface area contributed by atoms with E-state index in [9.17, 15) is 4.79 Å². The lowest BCUT2D eigenvalue weighted by Gasteiger charge is -2.13. The van der Waals surface area contributed by atoms with E-state index < -0.39 is 0 Å². The first-order chi connectivity index (χ1) is 15.5. The summed E-state index contributed by atoms with van der Waals surface area (Å²) in [4.78, 5) is 16.4. The highest BCUT2D eigenvalue weighted by atomic mass is 16.5. The molecule has 0 saturated heterocycles. The van der Waals surface area contributed by atoms with Gasteiger partial charge in [0.1, 0.15) is 11.6 Å². The number of carbonyl (C=O) groups excluding carboxylic acids is 1. The fraction of sp³-hybridized carbons (Fsp3) is 0.407. The van der Waals surface area contributed by atoms with Crippen LogP contribution in [0.1, 0.15) is 49.6 Å². The number of carbonyl (C=O) groups is 1. The van der Waals surface area contributed by atoms with E-state index in [1.54, 1.807) is 6.92 Å². The second-order valence-corrected chi connectivity index (χ2v) is 8.44. The van der Waals surface area contributed by atoms with Crippen molar-refractivity contribution in [2.45, 2.75) is 59.4 Å². The molecule has 0 unspecified atom stereocenters. The summed E-state index contributed by atoms with van der Waals surface area (Å²) in [5.74, 6) is 2.07. The van der Waals surface area contributed by atoms with Gasteiger partial charge in [0.25, 0.3) is 0 Å². The van der Waals surface area contributed by atoms with Gasteiger partial charge in [-0.3, -0.25) is 4.79 Å². The number of fused-ring (bicyclic) bond motifs is 1. The highest BCUT2D eigenvalue weighted by Crippen LogP contribution is 2.23. The number of ether oxygens (including phenoxy) is 1. The van der Waals surface area contributed by atoms with Crippen LogP contribution in [0.25, 0.3) is 11.0 Å². The number of nitrogens with zero attached hydrogens (tertiary/aromatic N) is 2. The third kappa shape index (κ3) is 6.22. The summed E-state index contributed by atoms with van der Waals surface area (Å²) in [6, 6.07) is 14.6. The lowest BCUT2D eigenvalue weighted by Crippen LogP contribution is -2.24. The van der Waals surface area contributed by atoms with Gasteiger partial charge in [0, 0.05) is 25.1 Å². The molecule has 5 heteroatoms. The molecule has 1 amide bonds. The molecule has 0 aliphatic rings. The van der Waals surface area contributed by atoms with Crippen molar-refractivity contribution < 1.29 is 9.53 Å². The number of hydrogen-bond acceptors (Lipinski definition) is 3. The number of rotatable bonds is 12. The average molecular weight is 434 g/mol. The van der Waals surface area contributed by atoms with Crippen LogP contribution in [0.4, 0.5) is 0 Å². The van der Waals surface area contributed by atoms with Crippen molar-refractivity contribution in [3.05, 3.63) is 71.6 Å². The van der Waals surface area contributed by atoms with Gasteiger partial charge in [0.15, 0.2) is 0 Å². The molecule has 0 saturated carbocycles. The Hall–Kier alpha value is -3.08. The van der Waals surface area contributed by atoms with Crippen molar-refractivity contribution >= 4 is 16.9 Å². The lowest BCUT2D eigenvalue weighted by molar-refractivity contribution is -0.117. The molecule has 0 aliphatic carbocycles. The maximum atomic E-state index is 11.6. The molecule has 3 aromatic rings. The van der Waals surface area contributed by atoms with Gasteiger partial charge in [-0.1, -0.05) is 43.3 Å². The minimum atomic E-state index is -0.0603. The molecule has 0 fully saturated rings. The van der Waals surface area contributed by atoms with Crippen LogP contribution >= 0.6 is 0 Å². The molecule has 5 nitrogen and oxygen atoms in total. The van der Waals surface area contributed by atoms with Crippen LogP contribution in [0.3, 0.4) is 0 Å². The van der Waals surface area contributed by atoms with Gasteiger partial charge in [-0.2, -0.15) is 0 Å². The lowest BCUT2D eigenvalue weighted by atomic mass is 10.1. The largest absolute Gasteiger partial charge is 0.493 e. The van der Waals surface area contributed by atoms with Gasteiger partial charge in [0.05, 0.1) is 17.6 Å². The molecule has 0 atom stereocenters. The zero-order chi connectivity index (χ0) is 22.9. The van der Waals surface area contributed by atoms with Crippen LogP contribution in [0.15, 0.2) is 54.6 Å². The molecule has 1 N–H and O–H groups in total. The quantitative estimate of drug-likeness (QED) is 0.302. The van der Waals surface area contributed by atoms with E-state index in [4.69, 9.17) is 9.72 Å². The summed E-state index contributed by atoms with van der Waals surface area (Å²) in [7, 11) is 0. The number of nitrogens with one attached hydrogen (secondary N) is 1. The van der Waals surface area contributed by atoms with Gasteiger partial charge in [-0.25, -0.2) is 4.98 Å². The van der Waals surface area contributed by atoms with Crippen molar-refractivity contribution in [3.63, 3.8) is 0 Å². The first-order valence-corrected chi connectivity index (χ1v) is 11.5. The van der Waals surface area contributed by atoms with E-state index in [1.807, 2.05) is 6.07 Å². The Labute approximate surface area is 191 Å². The number of unbranched alkanes of at least 4 members (excludes halogenated alkanes) is 2. The van der Waals surface area contributed by atoms with E-state index in [0.717, 1.165) is 55.7 Å². The Morgan fingerprint density at radius 2 is 1.78 bits per heavy atom. The highest BCUT2D eigenvalue weighted by molar-refractivity contribution is 5.92. The van der Waals surface area contributed by atoms with Gasteiger partial charge in [-0.05, 0) is 63.3 Å². The van der Waals surface area contributed by atoms with Gasteiger partial charge in [0.2, 0.25) is 5.91 Å². The van der Waals surface area contributed by atoms with Crippen molar-refractivity contribution in [3.8, 4) is 5.75 Å². The molecule has 0 aliphatic heterocycles. The van der Waals surface area contributed by atoms with Crippen LogP contribution in [0.5, 0.6) is 5.75 Å². The Morgan fingerprint density at radius 3 is 2.53 bits per heavy atom. The molecule has 1 aromatic heterocycles. The smallest absolute Gasteiger partial charge is 0.246 e. The van der Waals surface area contributed by atoms with E-state index >= 15 is 0 Å². The molecule has 1 heterocycles. The summed E-state index contributed by atoms with van der Waals surface area (Å²) < 4.78 is 8.44. The topological polar surface area (TPSA) is 56.2 Å². The molecular weight excluding hydrogens is 398 g/mol. The van der Waals surface area contributed by atoms with Crippen molar-refractivity contribution in [1.82, 2.24) is 14.9 Å². The van der Waals surface area contributed by atoms with E-state index in [2.05, 4.69) is 66.7 Å². The second-order valence-electron chi connectivity index (χ2n) is 8.44. The predicted octanol–water partition coefficient (Wildman–Crippen LogP) is 5.53. The van der Waals surface area contributed by atoms with Gasteiger partial charge in [-0.15, -0.1) is 0 Å². The van der Waals surface area contributed by atoms with E-state index in [1.165, 1.54) is 16.6 Å². The fourth-order valence-corrected chi connectivity index (χ4v) is 3.93. The van der Waals surface area contributed by atoms with Crippen LogP contribution in [0, 0.1) is 13.8 Å². The zero-order valence-electron chi connectivity index (χ0n) is 19.6. The summed E-state index contributed by atoms with van der Waals surface area (Å²) in [6.45, 7) is 11.8. The Morgan fingerprint density at radius 1 is 1.03 bits per heavy atom. The van der Waals surface area contributed by atoms with E-state index in [-0.39, 0.29) is 5.91 Å². The van der Waals surface area contributed by atoms with Gasteiger partial charge < -0.3 is 14.6 Å². The molecule has 170 valence electrons. The molecule has 3 rings (SSSR count). The first-order valence-electron chi connectivity index (χ1n) is 11.5. The summed E-state index contributed by atoms with van der Waals surface area (Å²) in [5, 5.41) is 2.90. The minimum Gasteiger partial charge on any atom is -0.493 e. The maximum Gasteiger partial charge on any atom is 0.246 e. The Bertz CT molecular complexity index is 1050. The van der Waals surface area contributed by atoms with Crippen molar-refractivity contribution in [2.24, 2.45) is 0 Å². The number of imidazole rings is 1. The third-order valence-electron chi connectivity index (χ3n) is 5.67. The molecule has 0 radical (unpaired) electrons. The number of para-hydroxylation sites is 3. The summed E-state index contributed by atoms with van der Waals surface area (Å²) in [5.41, 5.74) is 5.15. The molecule has 2 aromatic carbocycles. The third-order valence-corrected chi connectivity index (χ3v) is 5.67. The monoisotopic (exact) mass is 433 g/mol. The Balaban J connectivity index is 1.53. The maximum absolute atomic E-state index is 11.6. The fourth-order valence-electron chi connectivity index (χ4n) is 3.93. The number of hydrogen-bond donors (Lipinski definition) is 1. The average Bonchev–Trinajstić information content (AvgIpc) is 3.12. The number of amides is 1. The van der Waals surface area contributed by atoms with Crippen LogP contribution in [-0.4, -0.2) is 28.6 Å². The minimum absolute atomic E-state index is 0.0603. The van der Waals surface area contributed by atoms with Crippen molar-refractivity contribution in [1.29, 1.82) is 0 Å². The predicted molar refractivity (Wildman–Crippen MR) is 131 cm³/mol. The molecule has 32 heavy (non-hydrogen) atoms. The van der Waals surface area contributed by atoms with E-state index in [0.29, 0.717) is 18.7 Å². The van der Waals surface area contributed by atoms with Crippen molar-refractivity contribution in [2.75, 3.05) is 13.2 Å². The second kappa shape index (κ2) is 11.5. The van der Waals surface area contributed by atoms with Gasteiger partial charge >= 0.3 is 0 Å². The van der Waals surface area contributed by atoms with Crippen LogP contribution in [-0.2, 0) is 17.8 Å². The zero-order valence-corrected chi connectivity index (χ0v) is 19.6. The highest BCUT2D eigenvalue weighted by Gasteiger charge is 2.11. The molecule has 0 spiro atoms. The summed E-state index contributed by atoms with van der Waals surface area (Å²) in [6.07, 6.45) is 4.91. The molecular formula is C27H35N3O2. The van der Waals surface area contributed by atoms with Crippen LogP contribution in [0.2, 0.25) is 0 Å². The van der Waals surface area contributed by atoms with Crippen LogP contribution < -0.4 is 10.1 Å². The SMILES string of the molecule is C=C(C)C(=O)NCCCCCc1nc2ccccc2n1CCCOc1c(C)cccc1C. The number of aryl methyl sites for hydroxylation is 4. The first kappa shape index (κ1) is 23.6. The summed E-state index contributed by atoms with van der Waals surface area (Å²) >= 11 is 0. The molecule has 0 bridgehead atoms. The normalized spacial score (nSPS) is 11.0. The Kier molecular flexibility index (Phi) is 8.48. The number of benzene rings is 2. The number of aromatic nitrogens is 2.